The fourth-order valence-electron chi connectivity index (χ4n) is 4.25. The smallest absolute Gasteiger partial charge is 0.134 e. The first kappa shape index (κ1) is 24.2. The standard InChI is InChI=1S/C29H33F3/c1-2-3-4-5-6-7-8-9-27-28(31)20-23(21-29(27)32)11-10-22-12-14-24(15-13-22)25-16-18-26(30)19-17-25/h8-9,12-15,20-21,25-26H,2-7,16-19H2,1H3/b9-8+. The Morgan fingerprint density at radius 3 is 2.12 bits per heavy atom. The number of allylic oxidation sites excluding steroid dienone is 1. The zero-order valence-corrected chi connectivity index (χ0v) is 19.0. The van der Waals surface area contributed by atoms with Gasteiger partial charge in [-0.3, -0.25) is 0 Å². The van der Waals surface area contributed by atoms with E-state index in [-0.39, 0.29) is 5.56 Å². The van der Waals surface area contributed by atoms with Gasteiger partial charge >= 0.3 is 0 Å². The van der Waals surface area contributed by atoms with E-state index in [0.29, 0.717) is 24.3 Å². The van der Waals surface area contributed by atoms with Crippen molar-refractivity contribution < 1.29 is 13.2 Å². The van der Waals surface area contributed by atoms with Gasteiger partial charge in [0, 0.05) is 16.7 Å². The first-order chi connectivity index (χ1) is 15.6. The van der Waals surface area contributed by atoms with Gasteiger partial charge in [-0.1, -0.05) is 68.7 Å². The highest BCUT2D eigenvalue weighted by atomic mass is 19.1. The molecule has 0 aliphatic heterocycles. The number of hydrogen-bond acceptors (Lipinski definition) is 0. The Bertz CT molecular complexity index is 916. The Morgan fingerprint density at radius 1 is 0.844 bits per heavy atom. The zero-order valence-electron chi connectivity index (χ0n) is 19.0. The van der Waals surface area contributed by atoms with Crippen LogP contribution in [-0.2, 0) is 0 Å². The van der Waals surface area contributed by atoms with Gasteiger partial charge in [-0.15, -0.1) is 0 Å². The van der Waals surface area contributed by atoms with E-state index in [1.807, 2.05) is 30.3 Å². The molecule has 0 N–H and O–H groups in total. The Balaban J connectivity index is 1.59. The van der Waals surface area contributed by atoms with Crippen molar-refractivity contribution in [3.05, 3.63) is 76.4 Å². The van der Waals surface area contributed by atoms with Gasteiger partial charge in [-0.25, -0.2) is 13.2 Å². The van der Waals surface area contributed by atoms with Crippen molar-refractivity contribution >= 4 is 6.08 Å². The van der Waals surface area contributed by atoms with Gasteiger partial charge in [0.05, 0.1) is 0 Å². The first-order valence-electron chi connectivity index (χ1n) is 12.0. The van der Waals surface area contributed by atoms with E-state index in [4.69, 9.17) is 0 Å². The lowest BCUT2D eigenvalue weighted by Gasteiger charge is -2.24. The molecule has 2 aromatic rings. The summed E-state index contributed by atoms with van der Waals surface area (Å²) in [6.45, 7) is 2.18. The van der Waals surface area contributed by atoms with Crippen LogP contribution >= 0.6 is 0 Å². The number of unbranched alkanes of at least 4 members (excludes halogenated alkanes) is 5. The van der Waals surface area contributed by atoms with Gasteiger partial charge in [0.15, 0.2) is 0 Å². The van der Waals surface area contributed by atoms with E-state index < -0.39 is 17.8 Å². The third kappa shape index (κ3) is 7.30. The molecule has 0 atom stereocenters. The molecule has 170 valence electrons. The molecule has 0 saturated heterocycles. The summed E-state index contributed by atoms with van der Waals surface area (Å²) in [5, 5.41) is 0. The van der Waals surface area contributed by atoms with E-state index >= 15 is 0 Å². The van der Waals surface area contributed by atoms with Crippen LogP contribution in [0.4, 0.5) is 13.2 Å². The molecule has 3 rings (SSSR count). The van der Waals surface area contributed by atoms with Crippen LogP contribution in [0.2, 0.25) is 0 Å². The molecule has 0 nitrogen and oxygen atoms in total. The summed E-state index contributed by atoms with van der Waals surface area (Å²) < 4.78 is 42.2. The molecule has 32 heavy (non-hydrogen) atoms. The predicted octanol–water partition coefficient (Wildman–Crippen LogP) is 8.73. The number of benzene rings is 2. The molecule has 0 amide bonds. The van der Waals surface area contributed by atoms with Crippen LogP contribution in [0.5, 0.6) is 0 Å². The van der Waals surface area contributed by atoms with Gasteiger partial charge in [0.25, 0.3) is 0 Å². The van der Waals surface area contributed by atoms with Crippen LogP contribution in [0.15, 0.2) is 42.5 Å². The zero-order chi connectivity index (χ0) is 22.8. The minimum absolute atomic E-state index is 0.00328. The fourth-order valence-corrected chi connectivity index (χ4v) is 4.25. The topological polar surface area (TPSA) is 0 Å². The maximum atomic E-state index is 14.4. The van der Waals surface area contributed by atoms with E-state index in [2.05, 4.69) is 18.8 Å². The highest BCUT2D eigenvalue weighted by Gasteiger charge is 2.21. The van der Waals surface area contributed by atoms with Gasteiger partial charge in [-0.2, -0.15) is 0 Å². The summed E-state index contributed by atoms with van der Waals surface area (Å²) in [6.07, 6.45) is 12.4. The average molecular weight is 439 g/mol. The maximum absolute atomic E-state index is 14.4. The second kappa shape index (κ2) is 12.5. The number of halogens is 3. The minimum atomic E-state index is -0.658. The molecule has 0 bridgehead atoms. The molecule has 3 heteroatoms. The van der Waals surface area contributed by atoms with Gasteiger partial charge in [-0.05, 0) is 74.3 Å². The Morgan fingerprint density at radius 2 is 1.47 bits per heavy atom. The molecular weight excluding hydrogens is 405 g/mol. The lowest BCUT2D eigenvalue weighted by molar-refractivity contribution is 0.235. The van der Waals surface area contributed by atoms with Crippen LogP contribution in [0.25, 0.3) is 6.08 Å². The van der Waals surface area contributed by atoms with Crippen molar-refractivity contribution in [2.45, 2.75) is 83.2 Å². The second-order valence-corrected chi connectivity index (χ2v) is 8.78. The number of alkyl halides is 1. The summed E-state index contributed by atoms with van der Waals surface area (Å²) in [7, 11) is 0. The van der Waals surface area contributed by atoms with E-state index in [1.54, 1.807) is 0 Å². The predicted molar refractivity (Wildman–Crippen MR) is 127 cm³/mol. The van der Waals surface area contributed by atoms with Crippen LogP contribution in [0.1, 0.15) is 99.3 Å². The molecule has 1 fully saturated rings. The fraction of sp³-hybridized carbons (Fsp3) is 0.448. The van der Waals surface area contributed by atoms with Crippen molar-refractivity contribution in [3.63, 3.8) is 0 Å². The van der Waals surface area contributed by atoms with Crippen LogP contribution in [-0.4, -0.2) is 6.17 Å². The normalized spacial score (nSPS) is 18.5. The third-order valence-electron chi connectivity index (χ3n) is 6.23. The Hall–Kier alpha value is -2.47. The van der Waals surface area contributed by atoms with Crippen molar-refractivity contribution in [2.24, 2.45) is 0 Å². The minimum Gasteiger partial charge on any atom is -0.247 e. The molecule has 0 heterocycles. The molecule has 2 aromatic carbocycles. The van der Waals surface area contributed by atoms with Crippen LogP contribution in [0, 0.1) is 23.5 Å². The highest BCUT2D eigenvalue weighted by molar-refractivity contribution is 5.54. The molecule has 0 radical (unpaired) electrons. The molecule has 1 saturated carbocycles. The third-order valence-corrected chi connectivity index (χ3v) is 6.23. The molecule has 1 aliphatic carbocycles. The first-order valence-corrected chi connectivity index (χ1v) is 12.0. The molecule has 1 aliphatic rings. The quantitative estimate of drug-likeness (QED) is 0.285. The maximum Gasteiger partial charge on any atom is 0.134 e. The van der Waals surface area contributed by atoms with Crippen molar-refractivity contribution in [3.8, 4) is 11.8 Å². The molecule has 0 spiro atoms. The van der Waals surface area contributed by atoms with Crippen LogP contribution in [0.3, 0.4) is 0 Å². The number of rotatable bonds is 8. The summed E-state index contributed by atoms with van der Waals surface area (Å²) in [4.78, 5) is 0. The van der Waals surface area contributed by atoms with Crippen molar-refractivity contribution in [1.29, 1.82) is 0 Å². The Kier molecular flexibility index (Phi) is 9.47. The number of hydrogen-bond donors (Lipinski definition) is 0. The monoisotopic (exact) mass is 438 g/mol. The molecular formula is C29H33F3. The largest absolute Gasteiger partial charge is 0.247 e. The SMILES string of the molecule is CCCCCCC/C=C/c1c(F)cc(C#Cc2ccc(C3CCC(F)CC3)cc2)cc1F. The lowest BCUT2D eigenvalue weighted by Crippen LogP contribution is -2.13. The second-order valence-electron chi connectivity index (χ2n) is 8.78. The Labute approximate surface area is 190 Å². The van der Waals surface area contributed by atoms with E-state index in [9.17, 15) is 13.2 Å². The summed E-state index contributed by atoms with van der Waals surface area (Å²) in [6, 6.07) is 10.5. The summed E-state index contributed by atoms with van der Waals surface area (Å²) in [5.74, 6) is 5.09. The van der Waals surface area contributed by atoms with Gasteiger partial charge in [0.1, 0.15) is 17.8 Å². The highest BCUT2D eigenvalue weighted by Crippen LogP contribution is 2.34. The lowest BCUT2D eigenvalue weighted by atomic mass is 9.83. The summed E-state index contributed by atoms with van der Waals surface area (Å²) in [5.41, 5.74) is 2.32. The van der Waals surface area contributed by atoms with Crippen LogP contribution < -0.4 is 0 Å². The van der Waals surface area contributed by atoms with Gasteiger partial charge < -0.3 is 0 Å². The molecule has 0 unspecified atom stereocenters. The van der Waals surface area contributed by atoms with Crippen molar-refractivity contribution in [1.82, 2.24) is 0 Å². The average Bonchev–Trinajstić information content (AvgIpc) is 2.79. The molecule has 0 aromatic heterocycles. The van der Waals surface area contributed by atoms with Crippen molar-refractivity contribution in [2.75, 3.05) is 0 Å². The summed E-state index contributed by atoms with van der Waals surface area (Å²) >= 11 is 0. The van der Waals surface area contributed by atoms with E-state index in [1.165, 1.54) is 43.0 Å². The van der Waals surface area contributed by atoms with Gasteiger partial charge in [0.2, 0.25) is 0 Å². The van der Waals surface area contributed by atoms with E-state index in [0.717, 1.165) is 37.7 Å².